The molecule has 0 bridgehead atoms. The van der Waals surface area contributed by atoms with Crippen molar-refractivity contribution in [3.8, 4) is 0 Å². The van der Waals surface area contributed by atoms with Gasteiger partial charge in [-0.1, -0.05) is 30.2 Å². The molecule has 0 radical (unpaired) electrons. The molecule has 1 nitrogen and oxygen atoms in total. The van der Waals surface area contributed by atoms with Gasteiger partial charge in [0.1, 0.15) is 0 Å². The van der Waals surface area contributed by atoms with E-state index in [-0.39, 0.29) is 11.5 Å². The second-order valence-electron chi connectivity index (χ2n) is 5.30. The Kier molecular flexibility index (Phi) is 5.89. The van der Waals surface area contributed by atoms with Gasteiger partial charge in [0.2, 0.25) is 0 Å². The second kappa shape index (κ2) is 6.12. The Balaban J connectivity index is 4.60. The van der Waals surface area contributed by atoms with Crippen LogP contribution in [0.25, 0.3) is 0 Å². The Morgan fingerprint density at radius 3 is 1.60 bits per heavy atom. The molecule has 1 N–H and O–H groups in total. The number of allylic oxidation sites excluding steroid dienone is 4. The molecular weight excluding hydrogens is 184 g/mol. The van der Waals surface area contributed by atoms with Crippen LogP contribution >= 0.6 is 0 Å². The average Bonchev–Trinajstić information content (AvgIpc) is 2.11. The summed E-state index contributed by atoms with van der Waals surface area (Å²) in [5.74, 6) is 0. The van der Waals surface area contributed by atoms with Crippen LogP contribution in [0.1, 0.15) is 54.4 Å². The van der Waals surface area contributed by atoms with Gasteiger partial charge in [0.05, 0.1) is 6.10 Å². The summed E-state index contributed by atoms with van der Waals surface area (Å²) in [6, 6.07) is 0. The van der Waals surface area contributed by atoms with Crippen LogP contribution in [-0.4, -0.2) is 11.2 Å². The third-order valence-corrected chi connectivity index (χ3v) is 2.96. The molecule has 0 spiro atoms. The predicted molar refractivity (Wildman–Crippen MR) is 67.9 cm³/mol. The zero-order valence-electron chi connectivity index (χ0n) is 11.1. The van der Waals surface area contributed by atoms with Crippen molar-refractivity contribution >= 4 is 0 Å². The maximum atomic E-state index is 9.84. The molecule has 0 aromatic heterocycles. The fraction of sp³-hybridized carbons (Fsp3) is 0.714. The van der Waals surface area contributed by atoms with Gasteiger partial charge in [0, 0.05) is 5.41 Å². The smallest absolute Gasteiger partial charge is 0.0571 e. The van der Waals surface area contributed by atoms with Crippen molar-refractivity contribution in [2.45, 2.75) is 60.5 Å². The fourth-order valence-electron chi connectivity index (χ4n) is 1.30. The van der Waals surface area contributed by atoms with E-state index < -0.39 is 0 Å². The van der Waals surface area contributed by atoms with Crippen molar-refractivity contribution in [1.82, 2.24) is 0 Å². The first kappa shape index (κ1) is 14.4. The molecule has 0 heterocycles. The highest BCUT2D eigenvalue weighted by Crippen LogP contribution is 2.32. The molecule has 15 heavy (non-hydrogen) atoms. The van der Waals surface area contributed by atoms with Gasteiger partial charge < -0.3 is 5.11 Å². The molecule has 1 heteroatoms. The van der Waals surface area contributed by atoms with E-state index in [1.165, 1.54) is 11.1 Å². The van der Waals surface area contributed by atoms with Crippen LogP contribution in [0, 0.1) is 5.41 Å². The maximum absolute atomic E-state index is 9.84. The molecule has 0 fully saturated rings. The highest BCUT2D eigenvalue weighted by atomic mass is 16.3. The topological polar surface area (TPSA) is 20.2 Å². The third-order valence-electron chi connectivity index (χ3n) is 2.96. The van der Waals surface area contributed by atoms with Crippen molar-refractivity contribution in [3.63, 3.8) is 0 Å². The second-order valence-corrected chi connectivity index (χ2v) is 5.30. The number of aliphatic hydroxyl groups is 1. The first-order valence-electron chi connectivity index (χ1n) is 5.73. The largest absolute Gasteiger partial charge is 0.393 e. The van der Waals surface area contributed by atoms with Gasteiger partial charge in [-0.15, -0.1) is 0 Å². The van der Waals surface area contributed by atoms with Crippen LogP contribution < -0.4 is 0 Å². The van der Waals surface area contributed by atoms with E-state index in [0.717, 1.165) is 12.8 Å². The summed E-state index contributed by atoms with van der Waals surface area (Å²) in [5, 5.41) is 9.84. The zero-order valence-corrected chi connectivity index (χ0v) is 11.1. The monoisotopic (exact) mass is 210 g/mol. The summed E-state index contributed by atoms with van der Waals surface area (Å²) in [6.45, 7) is 12.4. The van der Waals surface area contributed by atoms with Gasteiger partial charge in [-0.25, -0.2) is 0 Å². The van der Waals surface area contributed by atoms with Gasteiger partial charge in [-0.3, -0.25) is 0 Å². The molecule has 0 aliphatic rings. The molecule has 0 aromatic carbocycles. The predicted octanol–water partition coefficient (Wildman–Crippen LogP) is 4.09. The molecule has 1 unspecified atom stereocenters. The van der Waals surface area contributed by atoms with Crippen LogP contribution in [0.15, 0.2) is 23.3 Å². The van der Waals surface area contributed by atoms with Crippen molar-refractivity contribution in [1.29, 1.82) is 0 Å². The number of rotatable bonds is 5. The summed E-state index contributed by atoms with van der Waals surface area (Å²) in [6.07, 6.45) is 6.04. The van der Waals surface area contributed by atoms with Gasteiger partial charge in [-0.05, 0) is 47.5 Å². The van der Waals surface area contributed by atoms with E-state index >= 15 is 0 Å². The molecule has 1 atom stereocenters. The van der Waals surface area contributed by atoms with Crippen LogP contribution in [0.2, 0.25) is 0 Å². The number of aliphatic hydroxyl groups excluding tert-OH is 1. The first-order valence-corrected chi connectivity index (χ1v) is 5.73. The lowest BCUT2D eigenvalue weighted by Crippen LogP contribution is -2.29. The normalized spacial score (nSPS) is 13.3. The Morgan fingerprint density at radius 1 is 1.07 bits per heavy atom. The van der Waals surface area contributed by atoms with Crippen molar-refractivity contribution < 1.29 is 5.11 Å². The van der Waals surface area contributed by atoms with Crippen molar-refractivity contribution in [3.05, 3.63) is 23.3 Å². The van der Waals surface area contributed by atoms with Crippen molar-refractivity contribution in [2.75, 3.05) is 0 Å². The molecule has 0 aliphatic heterocycles. The standard InChI is InChI=1S/C14H26O/c1-11(2)7-9-14(6,13(5)15)10-8-12(3)4/h7-8,13,15H,9-10H2,1-6H3. The summed E-state index contributed by atoms with van der Waals surface area (Å²) in [4.78, 5) is 0. The lowest BCUT2D eigenvalue weighted by Gasteiger charge is -2.31. The first-order chi connectivity index (χ1) is 6.78. The Bertz CT molecular complexity index is 218. The Morgan fingerprint density at radius 2 is 1.40 bits per heavy atom. The van der Waals surface area contributed by atoms with Gasteiger partial charge in [-0.2, -0.15) is 0 Å². The van der Waals surface area contributed by atoms with E-state index in [9.17, 15) is 5.11 Å². The molecule has 0 rings (SSSR count). The minimum Gasteiger partial charge on any atom is -0.393 e. The SMILES string of the molecule is CC(C)=CCC(C)(CC=C(C)C)C(C)O. The summed E-state index contributed by atoms with van der Waals surface area (Å²) in [5.41, 5.74) is 2.60. The molecule has 0 saturated heterocycles. The van der Waals surface area contributed by atoms with Crippen molar-refractivity contribution in [2.24, 2.45) is 5.41 Å². The molecule has 88 valence electrons. The van der Waals surface area contributed by atoms with Crippen LogP contribution in [-0.2, 0) is 0 Å². The minimum atomic E-state index is -0.274. The summed E-state index contributed by atoms with van der Waals surface area (Å²) in [7, 11) is 0. The maximum Gasteiger partial charge on any atom is 0.0571 e. The van der Waals surface area contributed by atoms with Gasteiger partial charge >= 0.3 is 0 Å². The fourth-order valence-corrected chi connectivity index (χ4v) is 1.30. The lowest BCUT2D eigenvalue weighted by atomic mass is 9.78. The summed E-state index contributed by atoms with van der Waals surface area (Å²) < 4.78 is 0. The number of hydrogen-bond donors (Lipinski definition) is 1. The molecular formula is C14H26O. The highest BCUT2D eigenvalue weighted by Gasteiger charge is 2.27. The van der Waals surface area contributed by atoms with Crippen LogP contribution in [0.5, 0.6) is 0 Å². The highest BCUT2D eigenvalue weighted by molar-refractivity contribution is 5.03. The number of hydrogen-bond acceptors (Lipinski definition) is 1. The molecule has 0 aliphatic carbocycles. The molecule has 0 saturated carbocycles. The van der Waals surface area contributed by atoms with E-state index in [1.54, 1.807) is 0 Å². The summed E-state index contributed by atoms with van der Waals surface area (Å²) >= 11 is 0. The van der Waals surface area contributed by atoms with Crippen LogP contribution in [0.3, 0.4) is 0 Å². The minimum absolute atomic E-state index is 0.0332. The third kappa shape index (κ3) is 5.78. The van der Waals surface area contributed by atoms with E-state index in [0.29, 0.717) is 0 Å². The van der Waals surface area contributed by atoms with E-state index in [4.69, 9.17) is 0 Å². The van der Waals surface area contributed by atoms with Gasteiger partial charge in [0.15, 0.2) is 0 Å². The van der Waals surface area contributed by atoms with Gasteiger partial charge in [0.25, 0.3) is 0 Å². The average molecular weight is 210 g/mol. The lowest BCUT2D eigenvalue weighted by molar-refractivity contribution is 0.0563. The van der Waals surface area contributed by atoms with E-state index in [1.807, 2.05) is 6.92 Å². The van der Waals surface area contributed by atoms with Crippen LogP contribution in [0.4, 0.5) is 0 Å². The quantitative estimate of drug-likeness (QED) is 0.678. The zero-order chi connectivity index (χ0) is 12.1. The van der Waals surface area contributed by atoms with E-state index in [2.05, 4.69) is 46.8 Å². The molecule has 0 aromatic rings. The Hall–Kier alpha value is -0.560. The Labute approximate surface area is 94.9 Å². The molecule has 0 amide bonds.